The number of likely N-dealkylation sites (tertiary alicyclic amines) is 1. The van der Waals surface area contributed by atoms with Crippen LogP contribution in [-0.4, -0.2) is 32.0 Å². The molecule has 1 saturated heterocycles. The van der Waals surface area contributed by atoms with Crippen LogP contribution in [0.25, 0.3) is 5.65 Å². The van der Waals surface area contributed by atoms with Gasteiger partial charge in [-0.2, -0.15) is 0 Å². The molecule has 0 spiro atoms. The lowest BCUT2D eigenvalue weighted by Crippen LogP contribution is -2.30. The first-order valence-corrected chi connectivity index (χ1v) is 8.59. The van der Waals surface area contributed by atoms with Crippen molar-refractivity contribution in [1.29, 1.82) is 0 Å². The standard InChI is InChI=1S/C19H23N3O2/c1-14-6-8-22-16(12-20-19(22)10-14)13-21-7-2-4-15(21)11-17(23)18-5-3-9-24-18/h3,5-6,8-10,12,15,17,23H,2,4,7,11,13H2,1H3. The lowest BCUT2D eigenvalue weighted by atomic mass is 10.1. The number of aryl methyl sites for hydroxylation is 1. The molecule has 2 unspecified atom stereocenters. The predicted octanol–water partition coefficient (Wildman–Crippen LogP) is 3.32. The molecule has 4 heterocycles. The second-order valence-electron chi connectivity index (χ2n) is 6.72. The molecule has 1 N–H and O–H groups in total. The normalized spacial score (nSPS) is 20.0. The van der Waals surface area contributed by atoms with E-state index in [2.05, 4.69) is 39.5 Å². The number of aromatic nitrogens is 2. The Morgan fingerprint density at radius 1 is 1.42 bits per heavy atom. The van der Waals surface area contributed by atoms with Crippen molar-refractivity contribution in [3.63, 3.8) is 0 Å². The maximum atomic E-state index is 10.4. The van der Waals surface area contributed by atoms with Crippen LogP contribution in [0.1, 0.15) is 42.4 Å². The largest absolute Gasteiger partial charge is 0.467 e. The highest BCUT2D eigenvalue weighted by atomic mass is 16.4. The van der Waals surface area contributed by atoms with Gasteiger partial charge in [0.2, 0.25) is 0 Å². The first kappa shape index (κ1) is 15.4. The van der Waals surface area contributed by atoms with Crippen LogP contribution < -0.4 is 0 Å². The van der Waals surface area contributed by atoms with Crippen LogP contribution in [-0.2, 0) is 6.54 Å². The lowest BCUT2D eigenvalue weighted by molar-refractivity contribution is 0.0990. The molecule has 0 aromatic carbocycles. The summed E-state index contributed by atoms with van der Waals surface area (Å²) in [5, 5.41) is 10.4. The number of pyridine rings is 1. The quantitative estimate of drug-likeness (QED) is 0.782. The van der Waals surface area contributed by atoms with Gasteiger partial charge in [0.25, 0.3) is 0 Å². The van der Waals surface area contributed by atoms with Gasteiger partial charge < -0.3 is 13.9 Å². The van der Waals surface area contributed by atoms with Gasteiger partial charge in [0.05, 0.1) is 18.2 Å². The topological polar surface area (TPSA) is 53.9 Å². The molecule has 2 atom stereocenters. The predicted molar refractivity (Wildman–Crippen MR) is 91.6 cm³/mol. The van der Waals surface area contributed by atoms with E-state index >= 15 is 0 Å². The summed E-state index contributed by atoms with van der Waals surface area (Å²) in [6, 6.07) is 8.26. The number of aliphatic hydroxyl groups is 1. The molecular weight excluding hydrogens is 302 g/mol. The van der Waals surface area contributed by atoms with Gasteiger partial charge in [-0.25, -0.2) is 4.98 Å². The van der Waals surface area contributed by atoms with Gasteiger partial charge in [0.15, 0.2) is 0 Å². The monoisotopic (exact) mass is 325 g/mol. The summed E-state index contributed by atoms with van der Waals surface area (Å²) in [6.07, 6.45) is 8.15. The van der Waals surface area contributed by atoms with Gasteiger partial charge in [-0.3, -0.25) is 4.90 Å². The average Bonchev–Trinajstić information content (AvgIpc) is 3.30. The van der Waals surface area contributed by atoms with E-state index in [1.54, 1.807) is 6.26 Å². The van der Waals surface area contributed by atoms with Crippen LogP contribution in [0.15, 0.2) is 47.3 Å². The molecule has 1 fully saturated rings. The number of nitrogens with zero attached hydrogens (tertiary/aromatic N) is 3. The summed E-state index contributed by atoms with van der Waals surface area (Å²) in [7, 11) is 0. The Morgan fingerprint density at radius 3 is 3.17 bits per heavy atom. The minimum absolute atomic E-state index is 0.376. The Bertz CT molecular complexity index is 809. The Hall–Kier alpha value is -2.11. The Morgan fingerprint density at radius 2 is 2.33 bits per heavy atom. The highest BCUT2D eigenvalue weighted by Gasteiger charge is 2.28. The zero-order chi connectivity index (χ0) is 16.5. The highest BCUT2D eigenvalue weighted by molar-refractivity contribution is 5.42. The average molecular weight is 325 g/mol. The van der Waals surface area contributed by atoms with Crippen molar-refractivity contribution in [2.24, 2.45) is 0 Å². The third-order valence-corrected chi connectivity index (χ3v) is 4.98. The first-order valence-electron chi connectivity index (χ1n) is 8.59. The fourth-order valence-electron chi connectivity index (χ4n) is 3.69. The summed E-state index contributed by atoms with van der Waals surface area (Å²) in [6.45, 7) is 4.01. The van der Waals surface area contributed by atoms with E-state index in [1.165, 1.54) is 17.7 Å². The van der Waals surface area contributed by atoms with Gasteiger partial charge in [-0.1, -0.05) is 0 Å². The van der Waals surface area contributed by atoms with Crippen molar-refractivity contribution in [3.05, 3.63) is 59.9 Å². The molecule has 0 saturated carbocycles. The fraction of sp³-hybridized carbons (Fsp3) is 0.421. The van der Waals surface area contributed by atoms with E-state index in [0.29, 0.717) is 18.2 Å². The number of rotatable bonds is 5. The van der Waals surface area contributed by atoms with Gasteiger partial charge in [-0.05, 0) is 62.6 Å². The van der Waals surface area contributed by atoms with Crippen molar-refractivity contribution in [2.45, 2.75) is 44.9 Å². The third kappa shape index (κ3) is 2.97. The van der Waals surface area contributed by atoms with Gasteiger partial charge in [-0.15, -0.1) is 0 Å². The molecule has 0 radical (unpaired) electrons. The van der Waals surface area contributed by atoms with Crippen LogP contribution in [0.2, 0.25) is 0 Å². The van der Waals surface area contributed by atoms with E-state index < -0.39 is 6.10 Å². The molecule has 1 aliphatic heterocycles. The van der Waals surface area contributed by atoms with Crippen molar-refractivity contribution < 1.29 is 9.52 Å². The first-order chi connectivity index (χ1) is 11.7. The molecule has 0 bridgehead atoms. The van der Waals surface area contributed by atoms with Gasteiger partial charge in [0.1, 0.15) is 17.5 Å². The van der Waals surface area contributed by atoms with Crippen molar-refractivity contribution >= 4 is 5.65 Å². The van der Waals surface area contributed by atoms with Crippen molar-refractivity contribution in [2.75, 3.05) is 6.54 Å². The molecule has 3 aromatic rings. The molecular formula is C19H23N3O2. The van der Waals surface area contributed by atoms with Crippen molar-refractivity contribution in [1.82, 2.24) is 14.3 Å². The van der Waals surface area contributed by atoms with Gasteiger partial charge in [0, 0.05) is 18.8 Å². The van der Waals surface area contributed by atoms with Gasteiger partial charge >= 0.3 is 0 Å². The Balaban J connectivity index is 1.48. The van der Waals surface area contributed by atoms with E-state index in [1.807, 2.05) is 18.3 Å². The molecule has 0 amide bonds. The van der Waals surface area contributed by atoms with E-state index in [-0.39, 0.29) is 0 Å². The van der Waals surface area contributed by atoms with Crippen LogP contribution >= 0.6 is 0 Å². The molecule has 5 nitrogen and oxygen atoms in total. The molecule has 126 valence electrons. The number of fused-ring (bicyclic) bond motifs is 1. The minimum atomic E-state index is -0.532. The number of imidazole rings is 1. The Labute approximate surface area is 141 Å². The van der Waals surface area contributed by atoms with Crippen LogP contribution in [0.4, 0.5) is 0 Å². The maximum Gasteiger partial charge on any atom is 0.137 e. The minimum Gasteiger partial charge on any atom is -0.467 e. The zero-order valence-corrected chi connectivity index (χ0v) is 13.9. The molecule has 0 aliphatic carbocycles. The molecule has 4 rings (SSSR count). The third-order valence-electron chi connectivity index (χ3n) is 4.98. The number of hydrogen-bond donors (Lipinski definition) is 1. The molecule has 1 aliphatic rings. The van der Waals surface area contributed by atoms with Crippen LogP contribution in [0.3, 0.4) is 0 Å². The van der Waals surface area contributed by atoms with E-state index in [9.17, 15) is 5.11 Å². The lowest BCUT2D eigenvalue weighted by Gasteiger charge is -2.25. The number of hydrogen-bond acceptors (Lipinski definition) is 4. The second kappa shape index (κ2) is 6.42. The molecule has 3 aromatic heterocycles. The van der Waals surface area contributed by atoms with Crippen LogP contribution in [0, 0.1) is 6.92 Å². The SMILES string of the molecule is Cc1ccn2c(CN3CCCC3CC(O)c3ccco3)cnc2c1. The van der Waals surface area contributed by atoms with Crippen molar-refractivity contribution in [3.8, 4) is 0 Å². The molecule has 24 heavy (non-hydrogen) atoms. The zero-order valence-electron chi connectivity index (χ0n) is 13.9. The smallest absolute Gasteiger partial charge is 0.137 e. The highest BCUT2D eigenvalue weighted by Crippen LogP contribution is 2.29. The summed E-state index contributed by atoms with van der Waals surface area (Å²) >= 11 is 0. The summed E-state index contributed by atoms with van der Waals surface area (Å²) in [4.78, 5) is 6.97. The maximum absolute atomic E-state index is 10.4. The fourth-order valence-corrected chi connectivity index (χ4v) is 3.69. The molecule has 5 heteroatoms. The Kier molecular flexibility index (Phi) is 4.12. The van der Waals surface area contributed by atoms with E-state index in [4.69, 9.17) is 4.42 Å². The van der Waals surface area contributed by atoms with E-state index in [0.717, 1.165) is 25.2 Å². The summed E-state index contributed by atoms with van der Waals surface area (Å²) in [5.41, 5.74) is 3.42. The summed E-state index contributed by atoms with van der Waals surface area (Å²) in [5.74, 6) is 0.659. The number of aliphatic hydroxyl groups excluding tert-OH is 1. The van der Waals surface area contributed by atoms with Crippen LogP contribution in [0.5, 0.6) is 0 Å². The number of furan rings is 1. The second-order valence-corrected chi connectivity index (χ2v) is 6.72. The summed E-state index contributed by atoms with van der Waals surface area (Å²) < 4.78 is 7.49.